The third kappa shape index (κ3) is 4.74. The maximum absolute atomic E-state index is 3.69. The lowest BCUT2D eigenvalue weighted by Gasteiger charge is -2.29. The van der Waals surface area contributed by atoms with Crippen LogP contribution in [0.1, 0.15) is 52.5 Å². The third-order valence-corrected chi connectivity index (χ3v) is 4.21. The predicted molar refractivity (Wildman–Crippen MR) is 84.1 cm³/mol. The van der Waals surface area contributed by atoms with Gasteiger partial charge in [-0.2, -0.15) is 0 Å². The van der Waals surface area contributed by atoms with E-state index in [2.05, 4.69) is 80.1 Å². The summed E-state index contributed by atoms with van der Waals surface area (Å²) in [7, 11) is 0. The first-order valence-corrected chi connectivity index (χ1v) is 7.64. The van der Waals surface area contributed by atoms with Gasteiger partial charge in [0, 0.05) is 22.5 Å². The maximum atomic E-state index is 3.69. The van der Waals surface area contributed by atoms with Crippen molar-refractivity contribution >= 4 is 15.9 Å². The smallest absolute Gasteiger partial charge is 0.0210 e. The summed E-state index contributed by atoms with van der Waals surface area (Å²) >= 11 is 3.69. The third-order valence-electron chi connectivity index (χ3n) is 3.49. The average Bonchev–Trinajstić information content (AvgIpc) is 2.29. The Hall–Kier alpha value is -0.340. The van der Waals surface area contributed by atoms with Crippen LogP contribution < -0.4 is 5.32 Å². The summed E-state index contributed by atoms with van der Waals surface area (Å²) < 4.78 is 1.23. The van der Waals surface area contributed by atoms with Crippen LogP contribution in [0.15, 0.2) is 28.7 Å². The minimum atomic E-state index is 0.174. The van der Waals surface area contributed by atoms with Crippen LogP contribution in [0.25, 0.3) is 0 Å². The molecule has 0 aliphatic carbocycles. The van der Waals surface area contributed by atoms with E-state index in [4.69, 9.17) is 0 Å². The van der Waals surface area contributed by atoms with Gasteiger partial charge in [0.2, 0.25) is 0 Å². The molecule has 0 aliphatic heterocycles. The Morgan fingerprint density at radius 2 is 1.83 bits per heavy atom. The first kappa shape index (κ1) is 15.7. The second kappa shape index (κ2) is 6.72. The molecule has 102 valence electrons. The Morgan fingerprint density at radius 1 is 1.22 bits per heavy atom. The van der Waals surface area contributed by atoms with Crippen molar-refractivity contribution in [3.05, 3.63) is 34.3 Å². The topological polar surface area (TPSA) is 12.0 Å². The molecular weight excluding hydrogens is 286 g/mol. The average molecular weight is 312 g/mol. The molecule has 0 spiro atoms. The van der Waals surface area contributed by atoms with Crippen molar-refractivity contribution in [1.29, 1.82) is 0 Å². The zero-order valence-electron chi connectivity index (χ0n) is 12.3. The van der Waals surface area contributed by atoms with E-state index in [1.54, 1.807) is 0 Å². The molecule has 0 aliphatic rings. The number of nitrogens with one attached hydrogen (secondary N) is 1. The molecule has 0 saturated carbocycles. The van der Waals surface area contributed by atoms with E-state index in [1.165, 1.54) is 16.5 Å². The van der Waals surface area contributed by atoms with Crippen LogP contribution in [-0.2, 0) is 0 Å². The van der Waals surface area contributed by atoms with E-state index in [-0.39, 0.29) is 5.54 Å². The van der Waals surface area contributed by atoms with Crippen molar-refractivity contribution in [2.75, 3.05) is 6.54 Å². The van der Waals surface area contributed by atoms with E-state index in [9.17, 15) is 0 Å². The molecule has 2 unspecified atom stereocenters. The summed E-state index contributed by atoms with van der Waals surface area (Å²) in [4.78, 5) is 0. The number of benzene rings is 1. The summed E-state index contributed by atoms with van der Waals surface area (Å²) in [5, 5.41) is 3.64. The molecule has 0 amide bonds. The molecule has 2 heteroatoms. The molecule has 1 nitrogen and oxygen atoms in total. The van der Waals surface area contributed by atoms with Crippen molar-refractivity contribution in [2.24, 2.45) is 5.92 Å². The van der Waals surface area contributed by atoms with E-state index < -0.39 is 0 Å². The molecule has 0 fully saturated rings. The van der Waals surface area contributed by atoms with Gasteiger partial charge in [0.05, 0.1) is 0 Å². The molecule has 0 bridgehead atoms. The molecule has 1 aromatic carbocycles. The van der Waals surface area contributed by atoms with Crippen molar-refractivity contribution in [2.45, 2.75) is 52.5 Å². The molecule has 18 heavy (non-hydrogen) atoms. The fourth-order valence-electron chi connectivity index (χ4n) is 2.09. The van der Waals surface area contributed by atoms with Crippen LogP contribution in [0.4, 0.5) is 0 Å². The van der Waals surface area contributed by atoms with Crippen molar-refractivity contribution < 1.29 is 0 Å². The van der Waals surface area contributed by atoms with Crippen LogP contribution in [0.3, 0.4) is 0 Å². The normalized spacial score (nSPS) is 15.4. The summed E-state index contributed by atoms with van der Waals surface area (Å²) in [5.41, 5.74) is 1.59. The molecule has 0 radical (unpaired) electrons. The predicted octanol–water partition coefficient (Wildman–Crippen LogP) is 4.97. The Balaban J connectivity index is 2.89. The van der Waals surface area contributed by atoms with Gasteiger partial charge >= 0.3 is 0 Å². The standard InChI is InChI=1S/C16H26BrN/c1-6-12(2)14(11-18-16(3,4)5)13-9-7-8-10-15(13)17/h7-10,12,14,18H,6,11H2,1-5H3. The van der Waals surface area contributed by atoms with Crippen LogP contribution in [-0.4, -0.2) is 12.1 Å². The lowest BCUT2D eigenvalue weighted by atomic mass is 9.85. The summed E-state index contributed by atoms with van der Waals surface area (Å²) in [6.45, 7) is 12.3. The Kier molecular flexibility index (Phi) is 5.87. The number of hydrogen-bond donors (Lipinski definition) is 1. The zero-order valence-corrected chi connectivity index (χ0v) is 13.8. The van der Waals surface area contributed by atoms with Gasteiger partial charge in [-0.05, 0) is 38.3 Å². The summed E-state index contributed by atoms with van der Waals surface area (Å²) in [6.07, 6.45) is 1.21. The quantitative estimate of drug-likeness (QED) is 0.809. The van der Waals surface area contributed by atoms with Crippen LogP contribution in [0.2, 0.25) is 0 Å². The highest BCUT2D eigenvalue weighted by molar-refractivity contribution is 9.10. The van der Waals surface area contributed by atoms with Gasteiger partial charge in [-0.15, -0.1) is 0 Å². The van der Waals surface area contributed by atoms with Gasteiger partial charge in [0.25, 0.3) is 0 Å². The van der Waals surface area contributed by atoms with E-state index in [0.29, 0.717) is 11.8 Å². The highest BCUT2D eigenvalue weighted by atomic mass is 79.9. The first-order valence-electron chi connectivity index (χ1n) is 6.84. The molecule has 1 N–H and O–H groups in total. The highest BCUT2D eigenvalue weighted by Gasteiger charge is 2.22. The van der Waals surface area contributed by atoms with Crippen LogP contribution in [0, 0.1) is 5.92 Å². The highest BCUT2D eigenvalue weighted by Crippen LogP contribution is 2.32. The lowest BCUT2D eigenvalue weighted by molar-refractivity contribution is 0.355. The molecule has 1 rings (SSSR count). The van der Waals surface area contributed by atoms with Crippen LogP contribution in [0.5, 0.6) is 0 Å². The number of rotatable bonds is 5. The zero-order chi connectivity index (χ0) is 13.8. The maximum Gasteiger partial charge on any atom is 0.0210 e. The van der Waals surface area contributed by atoms with Crippen LogP contribution >= 0.6 is 15.9 Å². The molecule has 0 aromatic heterocycles. The Bertz CT molecular complexity index is 368. The van der Waals surface area contributed by atoms with Gasteiger partial charge in [0.1, 0.15) is 0 Å². The molecule has 1 aromatic rings. The molecule has 2 atom stereocenters. The van der Waals surface area contributed by atoms with E-state index in [0.717, 1.165) is 6.54 Å². The van der Waals surface area contributed by atoms with Crippen molar-refractivity contribution in [3.8, 4) is 0 Å². The van der Waals surface area contributed by atoms with E-state index in [1.807, 2.05) is 0 Å². The Morgan fingerprint density at radius 3 is 2.33 bits per heavy atom. The molecule has 0 saturated heterocycles. The lowest BCUT2D eigenvalue weighted by Crippen LogP contribution is -2.39. The first-order chi connectivity index (χ1) is 8.35. The van der Waals surface area contributed by atoms with Gasteiger partial charge in [-0.1, -0.05) is 54.4 Å². The molecule has 0 heterocycles. The monoisotopic (exact) mass is 311 g/mol. The van der Waals surface area contributed by atoms with Gasteiger partial charge in [-0.3, -0.25) is 0 Å². The van der Waals surface area contributed by atoms with Crippen molar-refractivity contribution in [3.63, 3.8) is 0 Å². The molecular formula is C16H26BrN. The minimum absolute atomic E-state index is 0.174. The van der Waals surface area contributed by atoms with Gasteiger partial charge in [-0.25, -0.2) is 0 Å². The largest absolute Gasteiger partial charge is 0.311 e. The van der Waals surface area contributed by atoms with Gasteiger partial charge in [0.15, 0.2) is 0 Å². The van der Waals surface area contributed by atoms with Gasteiger partial charge < -0.3 is 5.32 Å². The Labute approximate surface area is 120 Å². The SMILES string of the molecule is CCC(C)C(CNC(C)(C)C)c1ccccc1Br. The number of halogens is 1. The second-order valence-electron chi connectivity index (χ2n) is 6.14. The fraction of sp³-hybridized carbons (Fsp3) is 0.625. The van der Waals surface area contributed by atoms with Crippen molar-refractivity contribution in [1.82, 2.24) is 5.32 Å². The van der Waals surface area contributed by atoms with E-state index >= 15 is 0 Å². The minimum Gasteiger partial charge on any atom is -0.311 e. The second-order valence-corrected chi connectivity index (χ2v) is 7.00. The fourth-order valence-corrected chi connectivity index (χ4v) is 2.67. The summed E-state index contributed by atoms with van der Waals surface area (Å²) in [6, 6.07) is 8.60. The number of hydrogen-bond acceptors (Lipinski definition) is 1. The summed E-state index contributed by atoms with van der Waals surface area (Å²) in [5.74, 6) is 1.24.